The first-order valence-electron chi connectivity index (χ1n) is 10.1. The second kappa shape index (κ2) is 8.84. The molecule has 1 saturated carbocycles. The third kappa shape index (κ3) is 5.30. The van der Waals surface area contributed by atoms with Crippen LogP contribution in [0.4, 0.5) is 0 Å². The minimum absolute atomic E-state index is 0.157. The monoisotopic (exact) mass is 347 g/mol. The Hall–Kier alpha value is -1.36. The van der Waals surface area contributed by atoms with Gasteiger partial charge in [-0.1, -0.05) is 24.4 Å². The van der Waals surface area contributed by atoms with Crippen LogP contribution in [0, 0.1) is 19.8 Å². The normalized spacial score (nSPS) is 22.9. The van der Waals surface area contributed by atoms with E-state index in [0.29, 0.717) is 18.9 Å². The molecule has 2 heterocycles. The van der Waals surface area contributed by atoms with Gasteiger partial charge in [-0.15, -0.1) is 0 Å². The molecule has 1 N–H and O–H groups in total. The molecular formula is C20H33N3O2. The maximum atomic E-state index is 12.3. The van der Waals surface area contributed by atoms with Crippen LogP contribution >= 0.6 is 0 Å². The second-order valence-corrected chi connectivity index (χ2v) is 7.97. The standard InChI is InChI=1S/C20H33N3O2/c1-15-19(16(2)25-22-15)10-11-20(24)21-18-9-6-12-23(14-18)13-17-7-4-3-5-8-17/h17-18H,3-14H2,1-2H3,(H,21,24)/t18-/m1/s1. The van der Waals surface area contributed by atoms with E-state index in [-0.39, 0.29) is 5.91 Å². The number of hydrogen-bond acceptors (Lipinski definition) is 4. The average Bonchev–Trinajstić information content (AvgIpc) is 2.92. The number of amides is 1. The summed E-state index contributed by atoms with van der Waals surface area (Å²) in [7, 11) is 0. The SMILES string of the molecule is Cc1noc(C)c1CCC(=O)N[C@@H]1CCCN(CC2CCCCC2)C1. The molecule has 1 aromatic rings. The van der Waals surface area contributed by atoms with Crippen LogP contribution in [0.1, 0.15) is 68.4 Å². The van der Waals surface area contributed by atoms with Crippen molar-refractivity contribution in [2.24, 2.45) is 5.92 Å². The van der Waals surface area contributed by atoms with Gasteiger partial charge in [-0.05, 0) is 58.4 Å². The third-order valence-corrected chi connectivity index (χ3v) is 5.90. The van der Waals surface area contributed by atoms with Crippen molar-refractivity contribution in [2.75, 3.05) is 19.6 Å². The lowest BCUT2D eigenvalue weighted by molar-refractivity contribution is -0.122. The van der Waals surface area contributed by atoms with Crippen molar-refractivity contribution in [1.82, 2.24) is 15.4 Å². The van der Waals surface area contributed by atoms with E-state index in [9.17, 15) is 4.79 Å². The Morgan fingerprint density at radius 1 is 1.20 bits per heavy atom. The number of likely N-dealkylation sites (tertiary alicyclic amines) is 1. The number of nitrogens with zero attached hydrogens (tertiary/aromatic N) is 2. The Morgan fingerprint density at radius 3 is 2.72 bits per heavy atom. The van der Waals surface area contributed by atoms with Gasteiger partial charge < -0.3 is 14.7 Å². The van der Waals surface area contributed by atoms with Crippen molar-refractivity contribution in [2.45, 2.75) is 77.7 Å². The van der Waals surface area contributed by atoms with Crippen molar-refractivity contribution >= 4 is 5.91 Å². The van der Waals surface area contributed by atoms with E-state index in [1.54, 1.807) is 0 Å². The fraction of sp³-hybridized carbons (Fsp3) is 0.800. The lowest BCUT2D eigenvalue weighted by Gasteiger charge is -2.36. The van der Waals surface area contributed by atoms with E-state index >= 15 is 0 Å². The lowest BCUT2D eigenvalue weighted by Crippen LogP contribution is -2.49. The fourth-order valence-corrected chi connectivity index (χ4v) is 4.47. The third-order valence-electron chi connectivity index (χ3n) is 5.90. The molecule has 5 nitrogen and oxygen atoms in total. The molecule has 140 valence electrons. The molecule has 1 aliphatic carbocycles. The summed E-state index contributed by atoms with van der Waals surface area (Å²) in [5.74, 6) is 1.87. The van der Waals surface area contributed by atoms with Crippen LogP contribution in [0.2, 0.25) is 0 Å². The van der Waals surface area contributed by atoms with Gasteiger partial charge in [0.25, 0.3) is 0 Å². The van der Waals surface area contributed by atoms with Gasteiger partial charge in [0.1, 0.15) is 5.76 Å². The molecule has 1 atom stereocenters. The molecule has 0 bridgehead atoms. The summed E-state index contributed by atoms with van der Waals surface area (Å²) in [6.07, 6.45) is 10.5. The molecule has 25 heavy (non-hydrogen) atoms. The molecule has 1 aromatic heterocycles. The van der Waals surface area contributed by atoms with E-state index in [4.69, 9.17) is 4.52 Å². The summed E-state index contributed by atoms with van der Waals surface area (Å²) >= 11 is 0. The van der Waals surface area contributed by atoms with Crippen LogP contribution in [-0.2, 0) is 11.2 Å². The fourth-order valence-electron chi connectivity index (χ4n) is 4.47. The number of rotatable bonds is 6. The van der Waals surface area contributed by atoms with E-state index in [2.05, 4.69) is 15.4 Å². The van der Waals surface area contributed by atoms with E-state index < -0.39 is 0 Å². The molecule has 0 radical (unpaired) electrons. The van der Waals surface area contributed by atoms with Crippen molar-refractivity contribution in [3.05, 3.63) is 17.0 Å². The van der Waals surface area contributed by atoms with E-state index in [0.717, 1.165) is 35.9 Å². The highest BCUT2D eigenvalue weighted by Crippen LogP contribution is 2.25. The van der Waals surface area contributed by atoms with E-state index in [1.165, 1.54) is 51.6 Å². The molecule has 3 rings (SSSR count). The summed E-state index contributed by atoms with van der Waals surface area (Å²) in [6.45, 7) is 7.30. The molecule has 0 spiro atoms. The number of nitrogens with one attached hydrogen (secondary N) is 1. The first-order valence-corrected chi connectivity index (χ1v) is 10.1. The van der Waals surface area contributed by atoms with Crippen molar-refractivity contribution in [3.8, 4) is 0 Å². The van der Waals surface area contributed by atoms with Crippen molar-refractivity contribution < 1.29 is 9.32 Å². The largest absolute Gasteiger partial charge is 0.361 e. The van der Waals surface area contributed by atoms with Gasteiger partial charge in [0.2, 0.25) is 5.91 Å². The summed E-state index contributed by atoms with van der Waals surface area (Å²) in [5.41, 5.74) is 1.99. The first kappa shape index (κ1) is 18.4. The van der Waals surface area contributed by atoms with Crippen LogP contribution in [0.25, 0.3) is 0 Å². The van der Waals surface area contributed by atoms with Gasteiger partial charge in [-0.2, -0.15) is 0 Å². The highest BCUT2D eigenvalue weighted by molar-refractivity contribution is 5.76. The van der Waals surface area contributed by atoms with Gasteiger partial charge in [0.15, 0.2) is 0 Å². The quantitative estimate of drug-likeness (QED) is 0.857. The minimum atomic E-state index is 0.157. The van der Waals surface area contributed by atoms with Crippen LogP contribution in [-0.4, -0.2) is 41.6 Å². The molecule has 1 amide bonds. The van der Waals surface area contributed by atoms with Crippen LogP contribution in [0.5, 0.6) is 0 Å². The maximum Gasteiger partial charge on any atom is 0.220 e. The Morgan fingerprint density at radius 2 is 2.00 bits per heavy atom. The number of carbonyl (C=O) groups excluding carboxylic acids is 1. The summed E-state index contributed by atoms with van der Waals surface area (Å²) < 4.78 is 5.18. The number of piperidine rings is 1. The van der Waals surface area contributed by atoms with Crippen LogP contribution in [0.15, 0.2) is 4.52 Å². The Bertz CT molecular complexity index is 544. The molecule has 0 aromatic carbocycles. The highest BCUT2D eigenvalue weighted by Gasteiger charge is 2.24. The Labute approximate surface area is 151 Å². The second-order valence-electron chi connectivity index (χ2n) is 7.97. The molecule has 1 aliphatic heterocycles. The predicted octanol–water partition coefficient (Wildman–Crippen LogP) is 3.38. The minimum Gasteiger partial charge on any atom is -0.361 e. The zero-order valence-electron chi connectivity index (χ0n) is 15.9. The predicted molar refractivity (Wildman–Crippen MR) is 98.5 cm³/mol. The number of aromatic nitrogens is 1. The van der Waals surface area contributed by atoms with Crippen LogP contribution in [0.3, 0.4) is 0 Å². The van der Waals surface area contributed by atoms with Gasteiger partial charge in [0, 0.05) is 31.1 Å². The molecule has 1 saturated heterocycles. The Balaban J connectivity index is 1.41. The summed E-state index contributed by atoms with van der Waals surface area (Å²) in [5, 5.41) is 7.22. The van der Waals surface area contributed by atoms with Crippen LogP contribution < -0.4 is 5.32 Å². The highest BCUT2D eigenvalue weighted by atomic mass is 16.5. The molecular weight excluding hydrogens is 314 g/mol. The number of carbonyl (C=O) groups is 1. The van der Waals surface area contributed by atoms with E-state index in [1.807, 2.05) is 13.8 Å². The number of aryl methyl sites for hydroxylation is 2. The molecule has 5 heteroatoms. The topological polar surface area (TPSA) is 58.4 Å². The zero-order chi connectivity index (χ0) is 17.6. The van der Waals surface area contributed by atoms with Gasteiger partial charge in [0.05, 0.1) is 5.69 Å². The zero-order valence-corrected chi connectivity index (χ0v) is 15.9. The smallest absolute Gasteiger partial charge is 0.220 e. The van der Waals surface area contributed by atoms with Gasteiger partial charge in [-0.3, -0.25) is 4.79 Å². The van der Waals surface area contributed by atoms with Crippen molar-refractivity contribution in [3.63, 3.8) is 0 Å². The molecule has 2 aliphatic rings. The molecule has 2 fully saturated rings. The Kier molecular flexibility index (Phi) is 6.51. The summed E-state index contributed by atoms with van der Waals surface area (Å²) in [4.78, 5) is 14.9. The van der Waals surface area contributed by atoms with Crippen molar-refractivity contribution in [1.29, 1.82) is 0 Å². The van der Waals surface area contributed by atoms with Gasteiger partial charge in [-0.25, -0.2) is 0 Å². The first-order chi connectivity index (χ1) is 12.1. The molecule has 0 unspecified atom stereocenters. The summed E-state index contributed by atoms with van der Waals surface area (Å²) in [6, 6.07) is 0.314. The number of hydrogen-bond donors (Lipinski definition) is 1. The lowest BCUT2D eigenvalue weighted by atomic mass is 9.88. The van der Waals surface area contributed by atoms with Gasteiger partial charge >= 0.3 is 0 Å². The maximum absolute atomic E-state index is 12.3. The average molecular weight is 348 g/mol.